The van der Waals surface area contributed by atoms with Crippen molar-refractivity contribution in [2.24, 2.45) is 5.14 Å². The molecule has 0 radical (unpaired) electrons. The average molecular weight is 492 g/mol. The predicted molar refractivity (Wildman–Crippen MR) is 137 cm³/mol. The number of aryl methyl sites for hydroxylation is 1. The molecule has 0 unspecified atom stereocenters. The summed E-state index contributed by atoms with van der Waals surface area (Å²) in [7, 11) is -3.70. The van der Waals surface area contributed by atoms with Crippen LogP contribution in [-0.4, -0.2) is 57.0 Å². The number of benzene rings is 2. The van der Waals surface area contributed by atoms with Gasteiger partial charge in [0.15, 0.2) is 0 Å². The maximum atomic E-state index is 11.7. The van der Waals surface area contributed by atoms with Gasteiger partial charge >= 0.3 is 0 Å². The number of sulfonamides is 1. The second-order valence-corrected chi connectivity index (χ2v) is 11.7. The molecule has 2 aromatic rings. The van der Waals surface area contributed by atoms with Gasteiger partial charge in [0.2, 0.25) is 10.0 Å². The van der Waals surface area contributed by atoms with Gasteiger partial charge in [-0.15, -0.1) is 11.8 Å². The van der Waals surface area contributed by atoms with E-state index in [1.54, 1.807) is 12.1 Å². The Morgan fingerprint density at radius 2 is 1.85 bits per heavy atom. The Balaban J connectivity index is 1.61. The molecule has 8 heteroatoms. The number of thioether (sulfide) groups is 1. The molecule has 6 nitrogen and oxygen atoms in total. The highest BCUT2D eigenvalue weighted by molar-refractivity contribution is 7.99. The molecule has 3 rings (SSSR count). The monoisotopic (exact) mass is 491 g/mol. The van der Waals surface area contributed by atoms with Gasteiger partial charge in [-0.1, -0.05) is 18.2 Å². The molecular formula is C25H37N3O3S2. The van der Waals surface area contributed by atoms with Crippen molar-refractivity contribution in [3.8, 4) is 0 Å². The van der Waals surface area contributed by atoms with Crippen LogP contribution in [0.25, 0.3) is 0 Å². The molecule has 0 saturated carbocycles. The van der Waals surface area contributed by atoms with Gasteiger partial charge in [-0.25, -0.2) is 13.6 Å². The van der Waals surface area contributed by atoms with Crippen molar-refractivity contribution in [1.82, 2.24) is 4.90 Å². The van der Waals surface area contributed by atoms with Crippen LogP contribution in [0.15, 0.2) is 58.3 Å². The Hall–Kier alpha value is -1.58. The zero-order chi connectivity index (χ0) is 23.8. The lowest BCUT2D eigenvalue weighted by atomic mass is 10.1. The number of ether oxygens (including phenoxy) is 1. The number of nitrogens with zero attached hydrogens (tertiary/aromatic N) is 1. The van der Waals surface area contributed by atoms with Crippen molar-refractivity contribution < 1.29 is 13.2 Å². The number of anilines is 1. The van der Waals surface area contributed by atoms with Gasteiger partial charge in [0.25, 0.3) is 0 Å². The molecule has 33 heavy (non-hydrogen) atoms. The fraction of sp³-hybridized carbons (Fsp3) is 0.520. The zero-order valence-electron chi connectivity index (χ0n) is 19.9. The van der Waals surface area contributed by atoms with Gasteiger partial charge in [-0.2, -0.15) is 0 Å². The third-order valence-corrected chi connectivity index (χ3v) is 7.96. The first-order chi connectivity index (χ1) is 15.7. The second-order valence-electron chi connectivity index (χ2n) is 9.00. The summed E-state index contributed by atoms with van der Waals surface area (Å²) in [5.41, 5.74) is 1.83. The quantitative estimate of drug-likeness (QED) is 0.451. The number of hydrogen-bond acceptors (Lipinski definition) is 6. The molecule has 0 aliphatic carbocycles. The number of primary sulfonamides is 1. The summed E-state index contributed by atoms with van der Waals surface area (Å²) in [4.78, 5) is 3.92. The average Bonchev–Trinajstić information content (AvgIpc) is 2.77. The van der Waals surface area contributed by atoms with Gasteiger partial charge in [-0.3, -0.25) is 0 Å². The molecule has 0 bridgehead atoms. The lowest BCUT2D eigenvalue weighted by molar-refractivity contribution is -0.0268. The summed E-state index contributed by atoms with van der Waals surface area (Å²) in [5.74, 6) is 0.924. The van der Waals surface area contributed by atoms with Crippen LogP contribution < -0.4 is 10.5 Å². The van der Waals surface area contributed by atoms with Crippen LogP contribution in [0.5, 0.6) is 0 Å². The molecule has 1 fully saturated rings. The number of likely N-dealkylation sites (tertiary alicyclic amines) is 1. The Bertz CT molecular complexity index is 976. The molecule has 1 atom stereocenters. The summed E-state index contributed by atoms with van der Waals surface area (Å²) in [6.45, 7) is 9.28. The van der Waals surface area contributed by atoms with E-state index in [1.807, 2.05) is 30.8 Å². The maximum absolute atomic E-state index is 11.7. The molecule has 182 valence electrons. The summed E-state index contributed by atoms with van der Waals surface area (Å²) in [5, 5.41) is 8.95. The molecule has 2 aromatic carbocycles. The van der Waals surface area contributed by atoms with E-state index in [-0.39, 0.29) is 17.0 Å². The van der Waals surface area contributed by atoms with Crippen molar-refractivity contribution in [3.63, 3.8) is 0 Å². The van der Waals surface area contributed by atoms with Gasteiger partial charge in [0.1, 0.15) is 0 Å². The van der Waals surface area contributed by atoms with E-state index in [0.29, 0.717) is 6.10 Å². The Morgan fingerprint density at radius 3 is 2.45 bits per heavy atom. The third kappa shape index (κ3) is 8.61. The first-order valence-electron chi connectivity index (χ1n) is 11.7. The third-order valence-electron chi connectivity index (χ3n) is 5.87. The molecule has 0 spiro atoms. The highest BCUT2D eigenvalue weighted by Crippen LogP contribution is 2.25. The summed E-state index contributed by atoms with van der Waals surface area (Å²) in [6, 6.07) is 15.7. The van der Waals surface area contributed by atoms with Crippen molar-refractivity contribution in [1.29, 1.82) is 0 Å². The van der Waals surface area contributed by atoms with Gasteiger partial charge < -0.3 is 15.0 Å². The molecule has 1 aliphatic heterocycles. The van der Waals surface area contributed by atoms with Crippen LogP contribution in [-0.2, 0) is 14.8 Å². The minimum atomic E-state index is -3.70. The summed E-state index contributed by atoms with van der Waals surface area (Å²) < 4.78 is 29.3. The minimum absolute atomic E-state index is 0.146. The van der Waals surface area contributed by atoms with E-state index in [2.05, 4.69) is 48.3 Å². The first-order valence-corrected chi connectivity index (χ1v) is 14.2. The first kappa shape index (κ1) is 26.0. The second kappa shape index (κ2) is 12.2. The van der Waals surface area contributed by atoms with Crippen molar-refractivity contribution in [2.75, 3.05) is 30.7 Å². The Morgan fingerprint density at radius 1 is 1.15 bits per heavy atom. The number of rotatable bonds is 11. The van der Waals surface area contributed by atoms with E-state index in [1.165, 1.54) is 4.90 Å². The summed E-state index contributed by atoms with van der Waals surface area (Å²) >= 11 is 1.84. The predicted octanol–water partition coefficient (Wildman–Crippen LogP) is 4.49. The highest BCUT2D eigenvalue weighted by atomic mass is 32.2. The van der Waals surface area contributed by atoms with Crippen molar-refractivity contribution in [2.45, 2.75) is 68.1 Å². The van der Waals surface area contributed by atoms with E-state index < -0.39 is 10.0 Å². The van der Waals surface area contributed by atoms with Crippen LogP contribution in [0, 0.1) is 6.92 Å². The SMILES string of the molecule is Cc1cc(S(N)(=O)=O)ccc1N[C@H](CCN1CCC(OC(C)C)CC1)CSc1ccccc1. The van der Waals surface area contributed by atoms with Crippen molar-refractivity contribution >= 4 is 27.5 Å². The lowest BCUT2D eigenvalue weighted by Gasteiger charge is -2.33. The van der Waals surface area contributed by atoms with Gasteiger partial charge in [0, 0.05) is 42.0 Å². The Labute approximate surface area is 203 Å². The lowest BCUT2D eigenvalue weighted by Crippen LogP contribution is -2.40. The Kier molecular flexibility index (Phi) is 9.64. The fourth-order valence-electron chi connectivity index (χ4n) is 4.10. The summed E-state index contributed by atoms with van der Waals surface area (Å²) in [6.07, 6.45) is 3.84. The molecule has 1 aliphatic rings. The number of piperidine rings is 1. The fourth-order valence-corrected chi connectivity index (χ4v) is 5.69. The molecular weight excluding hydrogens is 454 g/mol. The zero-order valence-corrected chi connectivity index (χ0v) is 21.5. The van der Waals surface area contributed by atoms with Crippen LogP contribution >= 0.6 is 11.8 Å². The van der Waals surface area contributed by atoms with Crippen LogP contribution in [0.1, 0.15) is 38.7 Å². The number of nitrogens with two attached hydrogens (primary N) is 1. The largest absolute Gasteiger partial charge is 0.381 e. The van der Waals surface area contributed by atoms with E-state index in [4.69, 9.17) is 9.88 Å². The minimum Gasteiger partial charge on any atom is -0.381 e. The van der Waals surface area contributed by atoms with Crippen molar-refractivity contribution in [3.05, 3.63) is 54.1 Å². The van der Waals surface area contributed by atoms with E-state index >= 15 is 0 Å². The number of hydrogen-bond donors (Lipinski definition) is 2. The molecule has 0 aromatic heterocycles. The topological polar surface area (TPSA) is 84.7 Å². The number of nitrogens with one attached hydrogen (secondary N) is 1. The maximum Gasteiger partial charge on any atom is 0.238 e. The van der Waals surface area contributed by atoms with E-state index in [0.717, 1.165) is 55.9 Å². The molecule has 0 amide bonds. The van der Waals surface area contributed by atoms with E-state index in [9.17, 15) is 8.42 Å². The standard InChI is InChI=1S/C25H37N3O3S2/c1-19(2)31-22-12-15-28(16-13-22)14-11-21(18-32-23-7-5-4-6-8-23)27-25-10-9-24(17-20(25)3)33(26,29)30/h4-10,17,19,21-22,27H,11-16,18H2,1-3H3,(H2,26,29,30)/t21-/m1/s1. The molecule has 1 saturated heterocycles. The van der Waals surface area contributed by atoms with Crippen LogP contribution in [0.3, 0.4) is 0 Å². The molecule has 3 N–H and O–H groups in total. The van der Waals surface area contributed by atoms with Crippen LogP contribution in [0.2, 0.25) is 0 Å². The van der Waals surface area contributed by atoms with Gasteiger partial charge in [0.05, 0.1) is 17.1 Å². The molecule has 1 heterocycles. The normalized spacial score (nSPS) is 16.8. The smallest absolute Gasteiger partial charge is 0.238 e. The van der Waals surface area contributed by atoms with Gasteiger partial charge in [-0.05, 0) is 75.9 Å². The van der Waals surface area contributed by atoms with Crippen LogP contribution in [0.4, 0.5) is 5.69 Å². The highest BCUT2D eigenvalue weighted by Gasteiger charge is 2.21.